The number of nitrogens with zero attached hydrogens (tertiary/aromatic N) is 2. The first-order chi connectivity index (χ1) is 8.31. The van der Waals surface area contributed by atoms with Crippen molar-refractivity contribution in [2.24, 2.45) is 0 Å². The summed E-state index contributed by atoms with van der Waals surface area (Å²) >= 11 is 6.15. The molecular weight excluding hydrogens is 234 g/mol. The molecule has 90 valence electrons. The molecule has 0 saturated heterocycles. The summed E-state index contributed by atoms with van der Waals surface area (Å²) in [5, 5.41) is 4.08. The lowest BCUT2D eigenvalue weighted by molar-refractivity contribution is 0.639. The zero-order valence-corrected chi connectivity index (χ0v) is 10.6. The van der Waals surface area contributed by atoms with Crippen LogP contribution in [-0.2, 0) is 13.1 Å². The molecule has 0 radical (unpaired) electrons. The van der Waals surface area contributed by atoms with Crippen molar-refractivity contribution >= 4 is 11.6 Å². The van der Waals surface area contributed by atoms with Gasteiger partial charge in [0.1, 0.15) is 5.82 Å². The van der Waals surface area contributed by atoms with E-state index in [4.69, 9.17) is 11.6 Å². The van der Waals surface area contributed by atoms with E-state index in [1.54, 1.807) is 0 Å². The van der Waals surface area contributed by atoms with E-state index in [9.17, 15) is 0 Å². The Bertz CT molecular complexity index is 479. The summed E-state index contributed by atoms with van der Waals surface area (Å²) < 4.78 is 2.11. The van der Waals surface area contributed by atoms with Crippen LogP contribution in [0.15, 0.2) is 36.7 Å². The lowest BCUT2D eigenvalue weighted by atomic mass is 10.2. The molecule has 0 aliphatic carbocycles. The molecule has 0 spiro atoms. The number of nitrogens with one attached hydrogen (secondary N) is 1. The van der Waals surface area contributed by atoms with E-state index in [0.29, 0.717) is 0 Å². The van der Waals surface area contributed by atoms with E-state index in [2.05, 4.69) is 21.8 Å². The molecule has 1 heterocycles. The van der Waals surface area contributed by atoms with E-state index in [0.717, 1.165) is 36.0 Å². The Morgan fingerprint density at radius 3 is 2.94 bits per heavy atom. The quantitative estimate of drug-likeness (QED) is 0.883. The normalized spacial score (nSPS) is 10.7. The maximum atomic E-state index is 6.15. The lowest BCUT2D eigenvalue weighted by Crippen LogP contribution is -2.16. The first kappa shape index (κ1) is 12.1. The Balaban J connectivity index is 2.13. The van der Waals surface area contributed by atoms with Crippen LogP contribution in [0, 0.1) is 0 Å². The highest BCUT2D eigenvalue weighted by molar-refractivity contribution is 6.31. The van der Waals surface area contributed by atoms with E-state index in [-0.39, 0.29) is 0 Å². The van der Waals surface area contributed by atoms with Gasteiger partial charge >= 0.3 is 0 Å². The van der Waals surface area contributed by atoms with Gasteiger partial charge in [0.25, 0.3) is 0 Å². The molecule has 0 amide bonds. The molecule has 3 nitrogen and oxygen atoms in total. The number of hydrogen-bond donors (Lipinski definition) is 1. The number of benzene rings is 1. The first-order valence-corrected chi connectivity index (χ1v) is 6.13. The van der Waals surface area contributed by atoms with E-state index in [1.165, 1.54) is 0 Å². The molecule has 0 fully saturated rings. The summed E-state index contributed by atoms with van der Waals surface area (Å²) in [6.07, 6.45) is 3.81. The third kappa shape index (κ3) is 3.08. The number of halogens is 1. The van der Waals surface area contributed by atoms with E-state index >= 15 is 0 Å². The third-order valence-corrected chi connectivity index (χ3v) is 3.00. The van der Waals surface area contributed by atoms with Gasteiger partial charge in [0.05, 0.1) is 13.1 Å². The molecule has 1 aromatic carbocycles. The zero-order chi connectivity index (χ0) is 12.1. The molecule has 17 heavy (non-hydrogen) atoms. The lowest BCUT2D eigenvalue weighted by Gasteiger charge is -2.09. The van der Waals surface area contributed by atoms with Gasteiger partial charge < -0.3 is 9.88 Å². The summed E-state index contributed by atoms with van der Waals surface area (Å²) in [5.74, 6) is 1.03. The number of imidazole rings is 1. The Morgan fingerprint density at radius 2 is 2.18 bits per heavy atom. The molecule has 0 aliphatic rings. The van der Waals surface area contributed by atoms with E-state index in [1.807, 2.05) is 36.7 Å². The molecule has 0 aliphatic heterocycles. The van der Waals surface area contributed by atoms with Crippen LogP contribution in [0.25, 0.3) is 0 Å². The van der Waals surface area contributed by atoms with Crippen LogP contribution in [0.4, 0.5) is 0 Å². The summed E-state index contributed by atoms with van der Waals surface area (Å²) in [6.45, 7) is 4.58. The van der Waals surface area contributed by atoms with Crippen molar-refractivity contribution in [1.82, 2.24) is 14.9 Å². The predicted molar refractivity (Wildman–Crippen MR) is 70.2 cm³/mol. The number of aromatic nitrogens is 2. The fourth-order valence-corrected chi connectivity index (χ4v) is 1.89. The molecule has 1 N–H and O–H groups in total. The molecule has 2 rings (SSSR count). The van der Waals surface area contributed by atoms with Crippen molar-refractivity contribution in [3.63, 3.8) is 0 Å². The molecule has 0 unspecified atom stereocenters. The average Bonchev–Trinajstić information content (AvgIpc) is 2.77. The molecular formula is C13H16ClN3. The Morgan fingerprint density at radius 1 is 1.35 bits per heavy atom. The van der Waals surface area contributed by atoms with Crippen LogP contribution in [0.3, 0.4) is 0 Å². The number of rotatable bonds is 5. The van der Waals surface area contributed by atoms with Gasteiger partial charge in [-0.15, -0.1) is 0 Å². The van der Waals surface area contributed by atoms with Gasteiger partial charge in [-0.2, -0.15) is 0 Å². The molecule has 0 atom stereocenters. The van der Waals surface area contributed by atoms with Crippen molar-refractivity contribution < 1.29 is 0 Å². The second-order valence-corrected chi connectivity index (χ2v) is 4.25. The van der Waals surface area contributed by atoms with Crippen molar-refractivity contribution in [2.45, 2.75) is 20.0 Å². The molecule has 2 aromatic rings. The highest BCUT2D eigenvalue weighted by Gasteiger charge is 2.04. The van der Waals surface area contributed by atoms with Gasteiger partial charge in [-0.05, 0) is 18.2 Å². The first-order valence-electron chi connectivity index (χ1n) is 5.75. The monoisotopic (exact) mass is 249 g/mol. The fraction of sp³-hybridized carbons (Fsp3) is 0.308. The minimum absolute atomic E-state index is 0.764. The minimum Gasteiger partial charge on any atom is -0.329 e. The van der Waals surface area contributed by atoms with Crippen LogP contribution >= 0.6 is 11.6 Å². The maximum Gasteiger partial charge on any atom is 0.122 e. The van der Waals surface area contributed by atoms with Gasteiger partial charge in [0, 0.05) is 17.4 Å². The zero-order valence-electron chi connectivity index (χ0n) is 9.86. The largest absolute Gasteiger partial charge is 0.329 e. The molecule has 4 heteroatoms. The van der Waals surface area contributed by atoms with Crippen molar-refractivity contribution in [1.29, 1.82) is 0 Å². The topological polar surface area (TPSA) is 29.9 Å². The van der Waals surface area contributed by atoms with Crippen LogP contribution in [0.5, 0.6) is 0 Å². The van der Waals surface area contributed by atoms with Crippen molar-refractivity contribution in [3.8, 4) is 0 Å². The van der Waals surface area contributed by atoms with Crippen LogP contribution in [0.1, 0.15) is 18.3 Å². The minimum atomic E-state index is 0.764. The van der Waals surface area contributed by atoms with Crippen molar-refractivity contribution in [2.75, 3.05) is 6.54 Å². The standard InChI is InChI=1S/C13H16ClN3/c1-2-15-9-13-16-7-8-17(13)10-11-5-3-4-6-12(11)14/h3-8,15H,2,9-10H2,1H3. The van der Waals surface area contributed by atoms with Gasteiger partial charge in [0.15, 0.2) is 0 Å². The fourth-order valence-electron chi connectivity index (χ4n) is 1.70. The summed E-state index contributed by atoms with van der Waals surface area (Å²) in [5.41, 5.74) is 1.12. The van der Waals surface area contributed by atoms with E-state index < -0.39 is 0 Å². The van der Waals surface area contributed by atoms with Crippen LogP contribution < -0.4 is 5.32 Å². The SMILES string of the molecule is CCNCc1nccn1Cc1ccccc1Cl. The molecule has 0 saturated carbocycles. The smallest absolute Gasteiger partial charge is 0.122 e. The second kappa shape index (κ2) is 5.84. The summed E-state index contributed by atoms with van der Waals surface area (Å²) in [4.78, 5) is 4.34. The second-order valence-electron chi connectivity index (χ2n) is 3.84. The summed E-state index contributed by atoms with van der Waals surface area (Å²) in [7, 11) is 0. The highest BCUT2D eigenvalue weighted by Crippen LogP contribution is 2.16. The number of hydrogen-bond acceptors (Lipinski definition) is 2. The van der Waals surface area contributed by atoms with Crippen LogP contribution in [-0.4, -0.2) is 16.1 Å². The van der Waals surface area contributed by atoms with Crippen LogP contribution in [0.2, 0.25) is 5.02 Å². The summed E-state index contributed by atoms with van der Waals surface area (Å²) in [6, 6.07) is 7.90. The Kier molecular flexibility index (Phi) is 4.18. The average molecular weight is 250 g/mol. The highest BCUT2D eigenvalue weighted by atomic mass is 35.5. The Hall–Kier alpha value is -1.32. The van der Waals surface area contributed by atoms with Gasteiger partial charge in [-0.3, -0.25) is 0 Å². The third-order valence-electron chi connectivity index (χ3n) is 2.63. The Labute approximate surface area is 106 Å². The van der Waals surface area contributed by atoms with Gasteiger partial charge in [-0.25, -0.2) is 4.98 Å². The predicted octanol–water partition coefficient (Wildman–Crippen LogP) is 2.69. The maximum absolute atomic E-state index is 6.15. The molecule has 0 bridgehead atoms. The van der Waals surface area contributed by atoms with Crippen molar-refractivity contribution in [3.05, 3.63) is 53.1 Å². The van der Waals surface area contributed by atoms with Gasteiger partial charge in [-0.1, -0.05) is 36.7 Å². The molecule has 1 aromatic heterocycles. The van der Waals surface area contributed by atoms with Gasteiger partial charge in [0.2, 0.25) is 0 Å².